The Hall–Kier alpha value is -2.32. The van der Waals surface area contributed by atoms with Gasteiger partial charge in [-0.3, -0.25) is 9.89 Å². The lowest BCUT2D eigenvalue weighted by Gasteiger charge is -2.36. The smallest absolute Gasteiger partial charge is 0.231 e. The highest BCUT2D eigenvalue weighted by Gasteiger charge is 2.21. The molecule has 0 saturated carbocycles. The largest absolute Gasteiger partial charge is 0.454 e. The maximum atomic E-state index is 5.49. The Morgan fingerprint density at radius 1 is 1.21 bits per heavy atom. The normalized spacial score (nSPS) is 17.2. The first-order chi connectivity index (χ1) is 14.1. The van der Waals surface area contributed by atoms with Gasteiger partial charge in [-0.15, -0.1) is 11.3 Å². The molecule has 4 rings (SSSR count). The molecule has 0 unspecified atom stereocenters. The van der Waals surface area contributed by atoms with Crippen molar-refractivity contribution in [2.45, 2.75) is 32.9 Å². The molecule has 0 bridgehead atoms. The van der Waals surface area contributed by atoms with Gasteiger partial charge in [-0.25, -0.2) is 4.98 Å². The second-order valence-corrected chi connectivity index (χ2v) is 8.57. The zero-order valence-electron chi connectivity index (χ0n) is 17.4. The molecular formula is C21H29N5O2S. The van der Waals surface area contributed by atoms with Crippen LogP contribution in [0.15, 0.2) is 28.6 Å². The highest BCUT2D eigenvalue weighted by Crippen LogP contribution is 2.32. The zero-order valence-corrected chi connectivity index (χ0v) is 18.2. The van der Waals surface area contributed by atoms with Gasteiger partial charge in [0.05, 0.1) is 17.2 Å². The summed E-state index contributed by atoms with van der Waals surface area (Å²) in [6.07, 6.45) is 0. The molecule has 1 aromatic carbocycles. The number of piperazine rings is 1. The van der Waals surface area contributed by atoms with E-state index in [0.29, 0.717) is 19.3 Å². The summed E-state index contributed by atoms with van der Waals surface area (Å²) in [5, 5.41) is 6.80. The molecule has 0 aliphatic carbocycles. The highest BCUT2D eigenvalue weighted by atomic mass is 32.1. The Morgan fingerprint density at radius 2 is 2.00 bits per heavy atom. The van der Waals surface area contributed by atoms with Gasteiger partial charge in [-0.1, -0.05) is 19.9 Å². The second-order valence-electron chi connectivity index (χ2n) is 7.68. The SMILES string of the molecule is CN=C(NCc1csc(C(C)C)n1)N1CCN(Cc2ccc3c(c2)OCO3)CC1. The Kier molecular flexibility index (Phi) is 6.20. The lowest BCUT2D eigenvalue weighted by atomic mass is 10.1. The van der Waals surface area contributed by atoms with Crippen LogP contribution >= 0.6 is 11.3 Å². The van der Waals surface area contributed by atoms with Crippen LogP contribution in [0.4, 0.5) is 0 Å². The fourth-order valence-corrected chi connectivity index (χ4v) is 4.42. The molecule has 156 valence electrons. The Labute approximate surface area is 176 Å². The topological polar surface area (TPSA) is 62.2 Å². The zero-order chi connectivity index (χ0) is 20.2. The summed E-state index contributed by atoms with van der Waals surface area (Å²) in [7, 11) is 1.85. The number of guanidine groups is 1. The molecule has 0 radical (unpaired) electrons. The maximum Gasteiger partial charge on any atom is 0.231 e. The molecule has 0 spiro atoms. The summed E-state index contributed by atoms with van der Waals surface area (Å²) < 4.78 is 10.9. The van der Waals surface area contributed by atoms with Crippen molar-refractivity contribution in [3.63, 3.8) is 0 Å². The molecule has 1 saturated heterocycles. The van der Waals surface area contributed by atoms with E-state index in [9.17, 15) is 0 Å². The number of thiazole rings is 1. The number of nitrogens with zero attached hydrogens (tertiary/aromatic N) is 4. The minimum absolute atomic E-state index is 0.323. The summed E-state index contributed by atoms with van der Waals surface area (Å²) in [5.41, 5.74) is 2.34. The molecule has 0 amide bonds. The van der Waals surface area contributed by atoms with Crippen LogP contribution in [-0.2, 0) is 13.1 Å². The van der Waals surface area contributed by atoms with E-state index < -0.39 is 0 Å². The number of nitrogens with one attached hydrogen (secondary N) is 1. The third-order valence-electron chi connectivity index (χ3n) is 5.22. The van der Waals surface area contributed by atoms with E-state index in [1.807, 2.05) is 13.1 Å². The molecule has 0 atom stereocenters. The fourth-order valence-electron chi connectivity index (χ4n) is 3.59. The molecule has 3 heterocycles. The standard InChI is InChI=1S/C21H29N5O2S/c1-15(2)20-24-17(13-29-20)11-23-21(22-3)26-8-6-25(7-9-26)12-16-4-5-18-19(10-16)28-14-27-18/h4-5,10,13,15H,6-9,11-12,14H2,1-3H3,(H,22,23). The Bertz CT molecular complexity index is 859. The van der Waals surface area contributed by atoms with E-state index in [-0.39, 0.29) is 0 Å². The molecule has 29 heavy (non-hydrogen) atoms. The van der Waals surface area contributed by atoms with E-state index in [1.165, 1.54) is 10.6 Å². The van der Waals surface area contributed by atoms with Gasteiger partial charge in [-0.2, -0.15) is 0 Å². The molecule has 2 aliphatic rings. The van der Waals surface area contributed by atoms with E-state index in [0.717, 1.165) is 55.9 Å². The van der Waals surface area contributed by atoms with Crippen LogP contribution < -0.4 is 14.8 Å². The third kappa shape index (κ3) is 4.82. The Morgan fingerprint density at radius 3 is 2.72 bits per heavy atom. The first-order valence-corrected chi connectivity index (χ1v) is 11.0. The summed E-state index contributed by atoms with van der Waals surface area (Å²) in [6.45, 7) is 10.2. The number of ether oxygens (including phenoxy) is 2. The summed E-state index contributed by atoms with van der Waals surface area (Å²) in [5.74, 6) is 3.13. The number of rotatable bonds is 5. The molecule has 1 aromatic heterocycles. The number of benzene rings is 1. The first kappa shape index (κ1) is 20.0. The average Bonchev–Trinajstić information content (AvgIpc) is 3.39. The van der Waals surface area contributed by atoms with Gasteiger partial charge in [0, 0.05) is 51.1 Å². The van der Waals surface area contributed by atoms with Crippen LogP contribution in [0.2, 0.25) is 0 Å². The molecule has 2 aromatic rings. The lowest BCUT2D eigenvalue weighted by molar-refractivity contribution is 0.171. The number of hydrogen-bond donors (Lipinski definition) is 1. The van der Waals surface area contributed by atoms with Crippen molar-refractivity contribution in [3.05, 3.63) is 39.8 Å². The fraction of sp³-hybridized carbons (Fsp3) is 0.524. The number of hydrogen-bond acceptors (Lipinski definition) is 6. The van der Waals surface area contributed by atoms with Gasteiger partial charge < -0.3 is 19.7 Å². The predicted octanol–water partition coefficient (Wildman–Crippen LogP) is 2.89. The number of aliphatic imine (C=N–C) groups is 1. The van der Waals surface area contributed by atoms with E-state index in [1.54, 1.807) is 11.3 Å². The first-order valence-electron chi connectivity index (χ1n) is 10.1. The van der Waals surface area contributed by atoms with Crippen molar-refractivity contribution in [3.8, 4) is 11.5 Å². The van der Waals surface area contributed by atoms with Gasteiger partial charge in [0.1, 0.15) is 0 Å². The van der Waals surface area contributed by atoms with Gasteiger partial charge in [0.2, 0.25) is 6.79 Å². The predicted molar refractivity (Wildman–Crippen MR) is 116 cm³/mol. The van der Waals surface area contributed by atoms with Crippen LogP contribution in [0.1, 0.15) is 36.0 Å². The summed E-state index contributed by atoms with van der Waals surface area (Å²) in [6, 6.07) is 6.22. The molecule has 8 heteroatoms. The Balaban J connectivity index is 1.26. The molecular weight excluding hydrogens is 386 g/mol. The monoisotopic (exact) mass is 415 g/mol. The number of aromatic nitrogens is 1. The van der Waals surface area contributed by atoms with Crippen molar-refractivity contribution in [2.24, 2.45) is 4.99 Å². The van der Waals surface area contributed by atoms with Crippen molar-refractivity contribution < 1.29 is 9.47 Å². The molecule has 7 nitrogen and oxygen atoms in total. The molecule has 2 aliphatic heterocycles. The summed E-state index contributed by atoms with van der Waals surface area (Å²) >= 11 is 1.73. The third-order valence-corrected chi connectivity index (χ3v) is 6.41. The molecule has 1 N–H and O–H groups in total. The minimum atomic E-state index is 0.323. The van der Waals surface area contributed by atoms with Crippen LogP contribution in [0.25, 0.3) is 0 Å². The minimum Gasteiger partial charge on any atom is -0.454 e. The second kappa shape index (κ2) is 9.00. The average molecular weight is 416 g/mol. The van der Waals surface area contributed by atoms with Gasteiger partial charge in [0.15, 0.2) is 17.5 Å². The van der Waals surface area contributed by atoms with Crippen molar-refractivity contribution >= 4 is 17.3 Å². The van der Waals surface area contributed by atoms with Crippen LogP contribution in [0, 0.1) is 0 Å². The lowest BCUT2D eigenvalue weighted by Crippen LogP contribution is -2.52. The quantitative estimate of drug-likeness (QED) is 0.599. The van der Waals surface area contributed by atoms with Crippen molar-refractivity contribution in [2.75, 3.05) is 40.0 Å². The van der Waals surface area contributed by atoms with Crippen LogP contribution in [0.3, 0.4) is 0 Å². The summed E-state index contributed by atoms with van der Waals surface area (Å²) in [4.78, 5) is 14.0. The van der Waals surface area contributed by atoms with E-state index in [2.05, 4.69) is 51.5 Å². The van der Waals surface area contributed by atoms with Gasteiger partial charge in [0.25, 0.3) is 0 Å². The maximum absolute atomic E-state index is 5.49. The highest BCUT2D eigenvalue weighted by molar-refractivity contribution is 7.09. The van der Waals surface area contributed by atoms with Gasteiger partial charge >= 0.3 is 0 Å². The number of fused-ring (bicyclic) bond motifs is 1. The van der Waals surface area contributed by atoms with Crippen LogP contribution in [0.5, 0.6) is 11.5 Å². The van der Waals surface area contributed by atoms with E-state index in [4.69, 9.17) is 14.5 Å². The van der Waals surface area contributed by atoms with E-state index >= 15 is 0 Å². The van der Waals surface area contributed by atoms with Crippen LogP contribution in [-0.4, -0.2) is 60.8 Å². The molecule has 1 fully saturated rings. The van der Waals surface area contributed by atoms with Crippen molar-refractivity contribution in [1.82, 2.24) is 20.1 Å². The van der Waals surface area contributed by atoms with Crippen molar-refractivity contribution in [1.29, 1.82) is 0 Å². The van der Waals surface area contributed by atoms with Gasteiger partial charge in [-0.05, 0) is 17.7 Å².